The number of hydrogen-bond donors (Lipinski definition) is 0. The molecular formula is C33H24N2. The molecular weight excluding hydrogens is 424 g/mol. The monoisotopic (exact) mass is 448 g/mol. The van der Waals surface area contributed by atoms with E-state index in [-0.39, 0.29) is 0 Å². The SMILES string of the molecule is C1=C(c2ccc(N(c3ccccc3)c3cccnc3)cc2)c2cccc3c2C(C1)c1ccccc1-3. The van der Waals surface area contributed by atoms with Crippen molar-refractivity contribution in [1.29, 1.82) is 0 Å². The van der Waals surface area contributed by atoms with Crippen molar-refractivity contribution in [3.05, 3.63) is 150 Å². The molecule has 2 nitrogen and oxygen atoms in total. The lowest BCUT2D eigenvalue weighted by atomic mass is 9.80. The van der Waals surface area contributed by atoms with Crippen LogP contribution >= 0.6 is 0 Å². The summed E-state index contributed by atoms with van der Waals surface area (Å²) < 4.78 is 0. The van der Waals surface area contributed by atoms with Crippen molar-refractivity contribution >= 4 is 22.6 Å². The van der Waals surface area contributed by atoms with Gasteiger partial charge in [0.1, 0.15) is 0 Å². The molecule has 1 atom stereocenters. The van der Waals surface area contributed by atoms with E-state index in [4.69, 9.17) is 0 Å². The molecule has 2 aliphatic carbocycles. The molecule has 0 amide bonds. The number of hydrogen-bond acceptors (Lipinski definition) is 2. The molecule has 2 aliphatic rings. The highest BCUT2D eigenvalue weighted by Gasteiger charge is 2.33. The Hall–Kier alpha value is -4.43. The molecule has 0 bridgehead atoms. The molecule has 1 aromatic heterocycles. The number of benzene rings is 4. The van der Waals surface area contributed by atoms with Crippen molar-refractivity contribution in [3.8, 4) is 11.1 Å². The second-order valence-corrected chi connectivity index (χ2v) is 9.19. The number of aromatic nitrogens is 1. The van der Waals surface area contributed by atoms with E-state index in [0.717, 1.165) is 23.5 Å². The first-order chi connectivity index (χ1) is 17.4. The first-order valence-corrected chi connectivity index (χ1v) is 12.2. The summed E-state index contributed by atoms with van der Waals surface area (Å²) in [6.07, 6.45) is 7.21. The average Bonchev–Trinajstić information content (AvgIpc) is 3.26. The van der Waals surface area contributed by atoms with E-state index in [9.17, 15) is 0 Å². The molecule has 0 spiro atoms. The number of rotatable bonds is 4. The lowest BCUT2D eigenvalue weighted by Crippen LogP contribution is -2.10. The number of fused-ring (bicyclic) bond motifs is 3. The zero-order valence-corrected chi connectivity index (χ0v) is 19.3. The van der Waals surface area contributed by atoms with Crippen LogP contribution in [0.5, 0.6) is 0 Å². The summed E-state index contributed by atoms with van der Waals surface area (Å²) in [6, 6.07) is 39.2. The molecule has 4 aromatic carbocycles. The van der Waals surface area contributed by atoms with E-state index in [1.165, 1.54) is 39.0 Å². The minimum absolute atomic E-state index is 0.472. The fraction of sp³-hybridized carbons (Fsp3) is 0.0606. The van der Waals surface area contributed by atoms with E-state index in [2.05, 4.69) is 113 Å². The molecule has 0 N–H and O–H groups in total. The molecule has 7 rings (SSSR count). The number of para-hydroxylation sites is 1. The molecule has 35 heavy (non-hydrogen) atoms. The number of allylic oxidation sites excluding steroid dienone is 1. The minimum Gasteiger partial charge on any atom is -0.309 e. The second-order valence-electron chi connectivity index (χ2n) is 9.19. The number of pyridine rings is 1. The van der Waals surface area contributed by atoms with Crippen molar-refractivity contribution in [3.63, 3.8) is 0 Å². The van der Waals surface area contributed by atoms with Gasteiger partial charge in [-0.05, 0) is 81.8 Å². The maximum atomic E-state index is 4.36. The van der Waals surface area contributed by atoms with Gasteiger partial charge in [-0.2, -0.15) is 0 Å². The molecule has 0 saturated carbocycles. The summed E-state index contributed by atoms with van der Waals surface area (Å²) >= 11 is 0. The first-order valence-electron chi connectivity index (χ1n) is 12.2. The van der Waals surface area contributed by atoms with Crippen LogP contribution in [0.25, 0.3) is 16.7 Å². The van der Waals surface area contributed by atoms with Crippen molar-refractivity contribution in [2.24, 2.45) is 0 Å². The van der Waals surface area contributed by atoms with Gasteiger partial charge in [-0.15, -0.1) is 0 Å². The smallest absolute Gasteiger partial charge is 0.0644 e. The number of anilines is 3. The van der Waals surface area contributed by atoms with Crippen LogP contribution in [0.15, 0.2) is 128 Å². The Morgan fingerprint density at radius 3 is 2.14 bits per heavy atom. The third-order valence-electron chi connectivity index (χ3n) is 7.28. The lowest BCUT2D eigenvalue weighted by molar-refractivity contribution is 0.840. The Bertz CT molecular complexity index is 1510. The van der Waals surface area contributed by atoms with E-state index >= 15 is 0 Å². The maximum Gasteiger partial charge on any atom is 0.0644 e. The maximum absolute atomic E-state index is 4.36. The fourth-order valence-corrected chi connectivity index (χ4v) is 5.78. The Morgan fingerprint density at radius 1 is 0.600 bits per heavy atom. The van der Waals surface area contributed by atoms with Crippen LogP contribution < -0.4 is 4.90 Å². The van der Waals surface area contributed by atoms with Crippen LogP contribution in [0.1, 0.15) is 34.6 Å². The molecule has 0 aliphatic heterocycles. The van der Waals surface area contributed by atoms with Crippen LogP contribution in [-0.4, -0.2) is 4.98 Å². The van der Waals surface area contributed by atoms with Gasteiger partial charge in [0.25, 0.3) is 0 Å². The summed E-state index contributed by atoms with van der Waals surface area (Å²) in [5, 5.41) is 0. The molecule has 2 heteroatoms. The van der Waals surface area contributed by atoms with Gasteiger partial charge >= 0.3 is 0 Å². The number of nitrogens with zero attached hydrogens (tertiary/aromatic N) is 2. The highest BCUT2D eigenvalue weighted by molar-refractivity contribution is 5.92. The molecule has 1 heterocycles. The van der Waals surface area contributed by atoms with Crippen LogP contribution in [0.3, 0.4) is 0 Å². The summed E-state index contributed by atoms with van der Waals surface area (Å²) in [5.41, 5.74) is 13.0. The Kier molecular flexibility index (Phi) is 4.63. The summed E-state index contributed by atoms with van der Waals surface area (Å²) in [6.45, 7) is 0. The molecule has 0 saturated heterocycles. The Balaban J connectivity index is 1.29. The standard InChI is InChI=1S/C33H24N2/c1-2-8-24(9-3-1)35(26-10-7-21-34-22-26)25-17-15-23(16-18-25)27-19-20-32-29-12-5-4-11-28(29)31-14-6-13-30(27)33(31)32/h1-19,21-22,32H,20H2. The molecule has 0 fully saturated rings. The van der Waals surface area contributed by atoms with Gasteiger partial charge < -0.3 is 4.90 Å². The van der Waals surface area contributed by atoms with Gasteiger partial charge in [-0.1, -0.05) is 78.9 Å². The van der Waals surface area contributed by atoms with Gasteiger partial charge in [0, 0.05) is 23.5 Å². The molecule has 166 valence electrons. The topological polar surface area (TPSA) is 16.1 Å². The van der Waals surface area contributed by atoms with Crippen molar-refractivity contribution in [1.82, 2.24) is 4.98 Å². The third-order valence-corrected chi connectivity index (χ3v) is 7.28. The highest BCUT2D eigenvalue weighted by Crippen LogP contribution is 2.52. The summed E-state index contributed by atoms with van der Waals surface area (Å²) in [4.78, 5) is 6.61. The molecule has 1 unspecified atom stereocenters. The van der Waals surface area contributed by atoms with Gasteiger partial charge in [0.2, 0.25) is 0 Å². The Morgan fingerprint density at radius 2 is 1.31 bits per heavy atom. The summed E-state index contributed by atoms with van der Waals surface area (Å²) in [7, 11) is 0. The summed E-state index contributed by atoms with van der Waals surface area (Å²) in [5.74, 6) is 0.472. The lowest BCUT2D eigenvalue weighted by Gasteiger charge is -2.26. The highest BCUT2D eigenvalue weighted by atomic mass is 15.1. The predicted octanol–water partition coefficient (Wildman–Crippen LogP) is 8.50. The normalized spacial score (nSPS) is 15.2. The van der Waals surface area contributed by atoms with Gasteiger partial charge in [-0.3, -0.25) is 4.98 Å². The van der Waals surface area contributed by atoms with Crippen molar-refractivity contribution in [2.45, 2.75) is 12.3 Å². The molecule has 5 aromatic rings. The van der Waals surface area contributed by atoms with Gasteiger partial charge in [0.15, 0.2) is 0 Å². The second kappa shape index (κ2) is 8.11. The zero-order chi connectivity index (χ0) is 23.2. The van der Waals surface area contributed by atoms with Crippen molar-refractivity contribution in [2.75, 3.05) is 4.90 Å². The Labute approximate surface area is 205 Å². The van der Waals surface area contributed by atoms with E-state index in [0.29, 0.717) is 5.92 Å². The van der Waals surface area contributed by atoms with Crippen LogP contribution in [0.4, 0.5) is 17.1 Å². The van der Waals surface area contributed by atoms with E-state index in [1.54, 1.807) is 0 Å². The van der Waals surface area contributed by atoms with Crippen LogP contribution in [0.2, 0.25) is 0 Å². The van der Waals surface area contributed by atoms with Gasteiger partial charge in [-0.25, -0.2) is 0 Å². The quantitative estimate of drug-likeness (QED) is 0.274. The zero-order valence-electron chi connectivity index (χ0n) is 19.3. The third kappa shape index (κ3) is 3.22. The van der Waals surface area contributed by atoms with E-state index in [1.807, 2.05) is 24.5 Å². The fourth-order valence-electron chi connectivity index (χ4n) is 5.78. The van der Waals surface area contributed by atoms with Crippen LogP contribution in [-0.2, 0) is 0 Å². The van der Waals surface area contributed by atoms with Crippen molar-refractivity contribution < 1.29 is 0 Å². The predicted molar refractivity (Wildman–Crippen MR) is 144 cm³/mol. The van der Waals surface area contributed by atoms with Crippen LogP contribution in [0, 0.1) is 0 Å². The average molecular weight is 449 g/mol. The van der Waals surface area contributed by atoms with Gasteiger partial charge in [0.05, 0.1) is 11.9 Å². The van der Waals surface area contributed by atoms with E-state index < -0.39 is 0 Å². The first kappa shape index (κ1) is 20.0. The molecule has 0 radical (unpaired) electrons. The minimum atomic E-state index is 0.472. The largest absolute Gasteiger partial charge is 0.309 e.